The maximum Gasteiger partial charge on any atom is 0.252 e. The second-order valence-electron chi connectivity index (χ2n) is 4.85. The third-order valence-electron chi connectivity index (χ3n) is 3.19. The molecule has 0 aliphatic rings. The van der Waals surface area contributed by atoms with Crippen LogP contribution in [0.1, 0.15) is 22.0 Å². The zero-order chi connectivity index (χ0) is 17.9. The molecule has 0 aliphatic heterocycles. The van der Waals surface area contributed by atoms with Crippen molar-refractivity contribution in [3.63, 3.8) is 0 Å². The molecule has 126 valence electrons. The Hall–Kier alpha value is -2.18. The Kier molecular flexibility index (Phi) is 5.75. The van der Waals surface area contributed by atoms with Crippen molar-refractivity contribution < 1.29 is 18.4 Å². The number of carbonyl (C=O) groups excluding carboxylic acids is 2. The molecule has 2 amide bonds. The summed E-state index contributed by atoms with van der Waals surface area (Å²) < 4.78 is 26.5. The van der Waals surface area contributed by atoms with E-state index in [2.05, 4.69) is 10.6 Å². The van der Waals surface area contributed by atoms with Crippen molar-refractivity contribution >= 4 is 35.0 Å². The first-order chi connectivity index (χ1) is 11.3. The number of hydrogen-bond donors (Lipinski definition) is 2. The van der Waals surface area contributed by atoms with Crippen LogP contribution < -0.4 is 10.6 Å². The van der Waals surface area contributed by atoms with Crippen LogP contribution in [0, 0.1) is 11.6 Å². The van der Waals surface area contributed by atoms with E-state index in [1.807, 2.05) is 0 Å². The molecule has 8 heteroatoms. The number of carbonyl (C=O) groups is 2. The fourth-order valence-electron chi connectivity index (χ4n) is 2.04. The van der Waals surface area contributed by atoms with Crippen molar-refractivity contribution in [3.8, 4) is 0 Å². The minimum absolute atomic E-state index is 0.0923. The van der Waals surface area contributed by atoms with E-state index in [-0.39, 0.29) is 21.2 Å². The Balaban J connectivity index is 2.33. The lowest BCUT2D eigenvalue weighted by atomic mass is 10.0. The first kappa shape index (κ1) is 18.2. The van der Waals surface area contributed by atoms with Gasteiger partial charge in [0.25, 0.3) is 5.91 Å². The molecule has 0 saturated carbocycles. The molecule has 1 unspecified atom stereocenters. The first-order valence-corrected chi connectivity index (χ1v) is 7.51. The van der Waals surface area contributed by atoms with Crippen LogP contribution in [-0.4, -0.2) is 18.9 Å². The van der Waals surface area contributed by atoms with Gasteiger partial charge >= 0.3 is 0 Å². The molecular weight excluding hydrogens is 361 g/mol. The third kappa shape index (κ3) is 4.21. The van der Waals surface area contributed by atoms with Gasteiger partial charge in [-0.3, -0.25) is 9.59 Å². The fourth-order valence-corrected chi connectivity index (χ4v) is 2.56. The van der Waals surface area contributed by atoms with Crippen molar-refractivity contribution in [1.29, 1.82) is 0 Å². The minimum Gasteiger partial charge on any atom is -0.357 e. The number of likely N-dealkylation sites (N-methyl/N-ethyl adjacent to an activating group) is 1. The second-order valence-corrected chi connectivity index (χ2v) is 5.73. The summed E-state index contributed by atoms with van der Waals surface area (Å²) in [4.78, 5) is 24.3. The van der Waals surface area contributed by atoms with Gasteiger partial charge in [-0.25, -0.2) is 8.78 Å². The number of amides is 2. The average molecular weight is 373 g/mol. The minimum atomic E-state index is -1.21. The molecule has 1 atom stereocenters. The highest BCUT2D eigenvalue weighted by molar-refractivity contribution is 6.35. The highest BCUT2D eigenvalue weighted by Gasteiger charge is 2.24. The molecule has 0 fully saturated rings. The van der Waals surface area contributed by atoms with Crippen LogP contribution in [0.5, 0.6) is 0 Å². The van der Waals surface area contributed by atoms with Gasteiger partial charge in [-0.05, 0) is 35.9 Å². The van der Waals surface area contributed by atoms with E-state index >= 15 is 0 Å². The van der Waals surface area contributed by atoms with Gasteiger partial charge in [-0.15, -0.1) is 0 Å². The van der Waals surface area contributed by atoms with Crippen LogP contribution in [0.25, 0.3) is 0 Å². The van der Waals surface area contributed by atoms with E-state index in [9.17, 15) is 18.4 Å². The maximum atomic E-state index is 13.4. The average Bonchev–Trinajstić information content (AvgIpc) is 2.53. The Morgan fingerprint density at radius 2 is 1.62 bits per heavy atom. The Bertz CT molecular complexity index is 779. The van der Waals surface area contributed by atoms with Crippen LogP contribution >= 0.6 is 23.2 Å². The molecule has 0 spiro atoms. The molecule has 0 saturated heterocycles. The van der Waals surface area contributed by atoms with Crippen molar-refractivity contribution in [2.75, 3.05) is 7.05 Å². The summed E-state index contributed by atoms with van der Waals surface area (Å²) in [7, 11) is 1.36. The first-order valence-electron chi connectivity index (χ1n) is 6.75. The molecule has 0 bridgehead atoms. The number of halogens is 4. The number of rotatable bonds is 4. The summed E-state index contributed by atoms with van der Waals surface area (Å²) in [5.74, 6) is -3.41. The van der Waals surface area contributed by atoms with Crippen LogP contribution in [-0.2, 0) is 4.79 Å². The largest absolute Gasteiger partial charge is 0.357 e. The molecule has 0 aromatic heterocycles. The summed E-state index contributed by atoms with van der Waals surface area (Å²) in [6, 6.07) is 5.91. The normalized spacial score (nSPS) is 11.7. The number of benzene rings is 2. The summed E-state index contributed by atoms with van der Waals surface area (Å²) in [6.45, 7) is 0. The van der Waals surface area contributed by atoms with Crippen LogP contribution in [0.2, 0.25) is 10.0 Å². The zero-order valence-electron chi connectivity index (χ0n) is 12.4. The van der Waals surface area contributed by atoms with Crippen LogP contribution in [0.4, 0.5) is 8.78 Å². The summed E-state index contributed by atoms with van der Waals surface area (Å²) in [5.41, 5.74) is 0.221. The van der Waals surface area contributed by atoms with Gasteiger partial charge in [0.15, 0.2) is 11.6 Å². The predicted octanol–water partition coefficient (Wildman–Crippen LogP) is 3.49. The molecule has 2 N–H and O–H groups in total. The smallest absolute Gasteiger partial charge is 0.252 e. The Morgan fingerprint density at radius 3 is 2.17 bits per heavy atom. The van der Waals surface area contributed by atoms with Crippen LogP contribution in [0.15, 0.2) is 36.4 Å². The summed E-state index contributed by atoms with van der Waals surface area (Å²) in [6.07, 6.45) is 0. The second kappa shape index (κ2) is 7.59. The monoisotopic (exact) mass is 372 g/mol. The number of hydrogen-bond acceptors (Lipinski definition) is 2. The molecule has 0 radical (unpaired) electrons. The Morgan fingerprint density at radius 1 is 1.00 bits per heavy atom. The lowest BCUT2D eigenvalue weighted by molar-refractivity contribution is -0.122. The fraction of sp³-hybridized carbons (Fsp3) is 0.125. The lowest BCUT2D eigenvalue weighted by Gasteiger charge is -2.18. The molecule has 0 aliphatic carbocycles. The van der Waals surface area contributed by atoms with Gasteiger partial charge in [0.05, 0.1) is 0 Å². The molecule has 0 heterocycles. The van der Waals surface area contributed by atoms with Crippen LogP contribution in [0.3, 0.4) is 0 Å². The third-order valence-corrected chi connectivity index (χ3v) is 3.62. The zero-order valence-corrected chi connectivity index (χ0v) is 13.9. The molecule has 2 aromatic rings. The van der Waals surface area contributed by atoms with Gasteiger partial charge in [0.2, 0.25) is 5.91 Å². The topological polar surface area (TPSA) is 58.2 Å². The lowest BCUT2D eigenvalue weighted by Crippen LogP contribution is -2.39. The van der Waals surface area contributed by atoms with E-state index in [4.69, 9.17) is 23.2 Å². The van der Waals surface area contributed by atoms with Gasteiger partial charge in [0, 0.05) is 22.7 Å². The standard InChI is InChI=1S/C16H12Cl2F2N2O2/c1-21-16(24)14(8-2-3-12(19)13(20)6-8)22-15(23)9-4-10(17)7-11(18)5-9/h2-7,14H,1H3,(H,21,24)(H,22,23). The van der Waals surface area contributed by atoms with Crippen molar-refractivity contribution in [2.24, 2.45) is 0 Å². The van der Waals surface area contributed by atoms with E-state index in [1.165, 1.54) is 31.3 Å². The molecular formula is C16H12Cl2F2N2O2. The number of nitrogens with one attached hydrogen (secondary N) is 2. The molecule has 4 nitrogen and oxygen atoms in total. The van der Waals surface area contributed by atoms with E-state index in [0.29, 0.717) is 0 Å². The maximum absolute atomic E-state index is 13.4. The summed E-state index contributed by atoms with van der Waals surface area (Å²) >= 11 is 11.7. The van der Waals surface area contributed by atoms with E-state index in [1.54, 1.807) is 0 Å². The molecule has 2 aromatic carbocycles. The van der Waals surface area contributed by atoms with Gasteiger partial charge in [0.1, 0.15) is 6.04 Å². The molecule has 24 heavy (non-hydrogen) atoms. The SMILES string of the molecule is CNC(=O)C(NC(=O)c1cc(Cl)cc(Cl)c1)c1ccc(F)c(F)c1. The van der Waals surface area contributed by atoms with Gasteiger partial charge in [-0.1, -0.05) is 29.3 Å². The van der Waals surface area contributed by atoms with E-state index < -0.39 is 29.5 Å². The van der Waals surface area contributed by atoms with Crippen molar-refractivity contribution in [3.05, 3.63) is 69.2 Å². The quantitative estimate of drug-likeness (QED) is 0.862. The predicted molar refractivity (Wildman–Crippen MR) is 87.1 cm³/mol. The Labute approximate surface area is 146 Å². The van der Waals surface area contributed by atoms with Gasteiger partial charge in [-0.2, -0.15) is 0 Å². The molecule has 2 rings (SSSR count). The van der Waals surface area contributed by atoms with E-state index in [0.717, 1.165) is 12.1 Å². The summed E-state index contributed by atoms with van der Waals surface area (Å²) in [5, 5.41) is 5.29. The highest BCUT2D eigenvalue weighted by atomic mass is 35.5. The van der Waals surface area contributed by atoms with Gasteiger partial charge < -0.3 is 10.6 Å². The van der Waals surface area contributed by atoms with Crippen molar-refractivity contribution in [2.45, 2.75) is 6.04 Å². The van der Waals surface area contributed by atoms with Crippen molar-refractivity contribution in [1.82, 2.24) is 10.6 Å². The highest BCUT2D eigenvalue weighted by Crippen LogP contribution is 2.21.